The predicted octanol–water partition coefficient (Wildman–Crippen LogP) is 2.17. The van der Waals surface area contributed by atoms with Crippen LogP contribution in [0.15, 0.2) is 0 Å². The molecule has 18 heavy (non-hydrogen) atoms. The lowest BCUT2D eigenvalue weighted by molar-refractivity contribution is -0.131. The molecular weight excluding hydrogens is 244 g/mol. The zero-order valence-electron chi connectivity index (χ0n) is 11.7. The van der Waals surface area contributed by atoms with Gasteiger partial charge in [0.1, 0.15) is 0 Å². The summed E-state index contributed by atoms with van der Waals surface area (Å²) in [6.07, 6.45) is 9.26. The molecule has 104 valence electrons. The first-order valence-corrected chi connectivity index (χ1v) is 8.37. The van der Waals surface area contributed by atoms with Crippen molar-refractivity contribution in [2.45, 2.75) is 50.2 Å². The number of rotatable bonds is 4. The Balaban J connectivity index is 1.87. The molecular formula is C14H26N2OS. The Labute approximate surface area is 115 Å². The van der Waals surface area contributed by atoms with Gasteiger partial charge in [0.2, 0.25) is 5.91 Å². The van der Waals surface area contributed by atoms with Crippen LogP contribution in [0.2, 0.25) is 0 Å². The van der Waals surface area contributed by atoms with Gasteiger partial charge in [-0.1, -0.05) is 19.8 Å². The van der Waals surface area contributed by atoms with Gasteiger partial charge in [-0.15, -0.1) is 0 Å². The largest absolute Gasteiger partial charge is 0.354 e. The van der Waals surface area contributed by atoms with E-state index in [4.69, 9.17) is 0 Å². The summed E-state index contributed by atoms with van der Waals surface area (Å²) >= 11 is 1.94. The van der Waals surface area contributed by atoms with E-state index in [0.29, 0.717) is 4.75 Å². The third kappa shape index (κ3) is 3.02. The molecule has 1 aliphatic carbocycles. The molecule has 2 N–H and O–H groups in total. The molecule has 3 nitrogen and oxygen atoms in total. The number of hydrogen-bond donors (Lipinski definition) is 2. The molecule has 0 aromatic carbocycles. The zero-order valence-corrected chi connectivity index (χ0v) is 12.5. The Bertz CT molecular complexity index is 294. The van der Waals surface area contributed by atoms with Gasteiger partial charge in [0, 0.05) is 16.7 Å². The van der Waals surface area contributed by atoms with Crippen molar-refractivity contribution in [2.24, 2.45) is 5.41 Å². The summed E-state index contributed by atoms with van der Waals surface area (Å²) in [4.78, 5) is 12.4. The van der Waals surface area contributed by atoms with Crippen LogP contribution >= 0.6 is 11.8 Å². The maximum atomic E-state index is 12.4. The van der Waals surface area contributed by atoms with Gasteiger partial charge in [0.25, 0.3) is 0 Å². The van der Waals surface area contributed by atoms with Gasteiger partial charge in [0.05, 0.1) is 0 Å². The van der Waals surface area contributed by atoms with Gasteiger partial charge < -0.3 is 10.6 Å². The molecule has 1 saturated carbocycles. The SMILES string of the molecule is CSC1(CNC(=O)C2(C)CCNCC2)CCCC1. The van der Waals surface area contributed by atoms with Crippen LogP contribution in [0.25, 0.3) is 0 Å². The molecule has 1 heterocycles. The molecule has 1 saturated heterocycles. The molecule has 0 atom stereocenters. The number of carbonyl (C=O) groups excluding carboxylic acids is 1. The van der Waals surface area contributed by atoms with Crippen LogP contribution in [0.5, 0.6) is 0 Å². The maximum absolute atomic E-state index is 12.4. The molecule has 2 fully saturated rings. The Morgan fingerprint density at radius 3 is 2.39 bits per heavy atom. The number of carbonyl (C=O) groups is 1. The van der Waals surface area contributed by atoms with Crippen molar-refractivity contribution >= 4 is 17.7 Å². The summed E-state index contributed by atoms with van der Waals surface area (Å²) < 4.78 is 0.318. The summed E-state index contributed by atoms with van der Waals surface area (Å²) in [7, 11) is 0. The molecule has 0 bridgehead atoms. The molecule has 2 aliphatic rings. The second-order valence-electron chi connectivity index (χ2n) is 6.09. The second kappa shape index (κ2) is 5.83. The smallest absolute Gasteiger partial charge is 0.226 e. The number of piperidine rings is 1. The van der Waals surface area contributed by atoms with Crippen molar-refractivity contribution in [3.8, 4) is 0 Å². The Kier molecular flexibility index (Phi) is 4.59. The molecule has 0 spiro atoms. The fraction of sp³-hybridized carbons (Fsp3) is 0.929. The minimum Gasteiger partial charge on any atom is -0.354 e. The van der Waals surface area contributed by atoms with Crippen molar-refractivity contribution in [1.82, 2.24) is 10.6 Å². The average Bonchev–Trinajstić information content (AvgIpc) is 2.86. The van der Waals surface area contributed by atoms with E-state index in [-0.39, 0.29) is 11.3 Å². The number of amides is 1. The first-order valence-electron chi connectivity index (χ1n) is 7.14. The van der Waals surface area contributed by atoms with E-state index in [1.807, 2.05) is 11.8 Å². The van der Waals surface area contributed by atoms with Crippen LogP contribution in [0.1, 0.15) is 45.4 Å². The van der Waals surface area contributed by atoms with Crippen molar-refractivity contribution in [3.05, 3.63) is 0 Å². The molecule has 4 heteroatoms. The minimum atomic E-state index is -0.149. The highest BCUT2D eigenvalue weighted by atomic mass is 32.2. The number of thioether (sulfide) groups is 1. The van der Waals surface area contributed by atoms with E-state index >= 15 is 0 Å². The molecule has 2 rings (SSSR count). The summed E-state index contributed by atoms with van der Waals surface area (Å²) in [5.41, 5.74) is -0.149. The number of hydrogen-bond acceptors (Lipinski definition) is 3. The van der Waals surface area contributed by atoms with Gasteiger partial charge in [-0.05, 0) is 45.0 Å². The summed E-state index contributed by atoms with van der Waals surface area (Å²) in [5.74, 6) is 0.268. The first kappa shape index (κ1) is 14.2. The fourth-order valence-corrected chi connectivity index (χ4v) is 4.05. The lowest BCUT2D eigenvalue weighted by atomic mass is 9.80. The first-order chi connectivity index (χ1) is 8.60. The van der Waals surface area contributed by atoms with E-state index in [2.05, 4.69) is 23.8 Å². The Hall–Kier alpha value is -0.220. The summed E-state index contributed by atoms with van der Waals surface area (Å²) in [6.45, 7) is 4.91. The van der Waals surface area contributed by atoms with E-state index in [1.54, 1.807) is 0 Å². The third-order valence-corrected chi connectivity index (χ3v) is 6.19. The highest BCUT2D eigenvalue weighted by molar-refractivity contribution is 8.00. The highest BCUT2D eigenvalue weighted by Crippen LogP contribution is 2.40. The average molecular weight is 270 g/mol. The molecule has 0 radical (unpaired) electrons. The van der Waals surface area contributed by atoms with Gasteiger partial charge in [-0.25, -0.2) is 0 Å². The standard InChI is InChI=1S/C14H26N2OS/c1-13(7-9-15-10-8-13)12(17)16-11-14(18-2)5-3-4-6-14/h15H,3-11H2,1-2H3,(H,16,17). The molecule has 1 aliphatic heterocycles. The maximum Gasteiger partial charge on any atom is 0.226 e. The van der Waals surface area contributed by atoms with Crippen molar-refractivity contribution in [3.63, 3.8) is 0 Å². The molecule has 0 aromatic heterocycles. The van der Waals surface area contributed by atoms with Crippen LogP contribution in [-0.2, 0) is 4.79 Å². The lowest BCUT2D eigenvalue weighted by Gasteiger charge is -2.34. The van der Waals surface area contributed by atoms with E-state index < -0.39 is 0 Å². The second-order valence-corrected chi connectivity index (χ2v) is 7.36. The van der Waals surface area contributed by atoms with Gasteiger partial charge in [-0.2, -0.15) is 11.8 Å². The molecule has 0 aromatic rings. The van der Waals surface area contributed by atoms with Crippen molar-refractivity contribution in [1.29, 1.82) is 0 Å². The Morgan fingerprint density at radius 2 is 1.83 bits per heavy atom. The van der Waals surface area contributed by atoms with Crippen molar-refractivity contribution in [2.75, 3.05) is 25.9 Å². The van der Waals surface area contributed by atoms with Gasteiger partial charge >= 0.3 is 0 Å². The normalized spacial score (nSPS) is 25.9. The monoisotopic (exact) mass is 270 g/mol. The third-order valence-electron chi connectivity index (χ3n) is 4.77. The zero-order chi connectivity index (χ0) is 13.1. The summed E-state index contributed by atoms with van der Waals surface area (Å²) in [5, 5.41) is 6.57. The lowest BCUT2D eigenvalue weighted by Crippen LogP contribution is -2.49. The van der Waals surface area contributed by atoms with Crippen LogP contribution in [0.4, 0.5) is 0 Å². The van der Waals surface area contributed by atoms with Crippen LogP contribution in [-0.4, -0.2) is 36.5 Å². The molecule has 1 amide bonds. The van der Waals surface area contributed by atoms with Crippen LogP contribution in [0.3, 0.4) is 0 Å². The van der Waals surface area contributed by atoms with Crippen molar-refractivity contribution < 1.29 is 4.79 Å². The molecule has 0 unspecified atom stereocenters. The fourth-order valence-electron chi connectivity index (χ4n) is 3.13. The Morgan fingerprint density at radius 1 is 1.22 bits per heavy atom. The summed E-state index contributed by atoms with van der Waals surface area (Å²) in [6, 6.07) is 0. The van der Waals surface area contributed by atoms with E-state index in [9.17, 15) is 4.79 Å². The van der Waals surface area contributed by atoms with Gasteiger partial charge in [0.15, 0.2) is 0 Å². The minimum absolute atomic E-state index is 0.149. The number of nitrogens with one attached hydrogen (secondary N) is 2. The van der Waals surface area contributed by atoms with E-state index in [0.717, 1.165) is 32.5 Å². The predicted molar refractivity (Wildman–Crippen MR) is 77.9 cm³/mol. The quantitative estimate of drug-likeness (QED) is 0.822. The van der Waals surface area contributed by atoms with E-state index in [1.165, 1.54) is 25.7 Å². The topological polar surface area (TPSA) is 41.1 Å². The van der Waals surface area contributed by atoms with Crippen LogP contribution < -0.4 is 10.6 Å². The van der Waals surface area contributed by atoms with Gasteiger partial charge in [-0.3, -0.25) is 4.79 Å². The van der Waals surface area contributed by atoms with Crippen LogP contribution in [0, 0.1) is 5.41 Å². The highest BCUT2D eigenvalue weighted by Gasteiger charge is 2.37.